The standard InChI is InChI=1S/C28H33N5O3/c1-20-25(19-31-15-17-32(18-16-31)24-5-3-2-4-6-24)30-27(36-20)22-7-9-23(10-8-22)28(35)33-13-11-21(12-14-33)26(29)34/h2-10,21H,11-19H2,1H3,(H2,29,34). The molecule has 8 heteroatoms. The Balaban J connectivity index is 1.18. The minimum Gasteiger partial charge on any atom is -0.441 e. The van der Waals surface area contributed by atoms with Gasteiger partial charge in [-0.2, -0.15) is 0 Å². The van der Waals surface area contributed by atoms with Crippen molar-refractivity contribution in [3.05, 3.63) is 71.6 Å². The number of oxazole rings is 1. The summed E-state index contributed by atoms with van der Waals surface area (Å²) in [7, 11) is 0. The maximum absolute atomic E-state index is 12.9. The molecule has 2 N–H and O–H groups in total. The van der Waals surface area contributed by atoms with Gasteiger partial charge in [-0.3, -0.25) is 14.5 Å². The zero-order valence-electron chi connectivity index (χ0n) is 20.7. The normalized spacial score (nSPS) is 17.4. The Morgan fingerprint density at radius 3 is 2.25 bits per heavy atom. The average Bonchev–Trinajstić information content (AvgIpc) is 3.29. The van der Waals surface area contributed by atoms with Crippen molar-refractivity contribution in [3.8, 4) is 11.5 Å². The predicted molar refractivity (Wildman–Crippen MR) is 138 cm³/mol. The first-order valence-corrected chi connectivity index (χ1v) is 12.7. The van der Waals surface area contributed by atoms with E-state index in [1.54, 1.807) is 4.90 Å². The Labute approximate surface area is 211 Å². The number of carbonyl (C=O) groups excluding carboxylic acids is 2. The van der Waals surface area contributed by atoms with E-state index in [-0.39, 0.29) is 17.7 Å². The lowest BCUT2D eigenvalue weighted by Gasteiger charge is -2.35. The van der Waals surface area contributed by atoms with E-state index < -0.39 is 0 Å². The third-order valence-electron chi connectivity index (χ3n) is 7.32. The molecular weight excluding hydrogens is 454 g/mol. The molecule has 1 aromatic heterocycles. The van der Waals surface area contributed by atoms with Crippen LogP contribution in [-0.4, -0.2) is 65.9 Å². The number of hydrogen-bond donors (Lipinski definition) is 1. The second kappa shape index (κ2) is 10.5. The van der Waals surface area contributed by atoms with Crippen molar-refractivity contribution in [1.82, 2.24) is 14.8 Å². The number of carbonyl (C=O) groups is 2. The summed E-state index contributed by atoms with van der Waals surface area (Å²) in [6.45, 7) is 7.75. The minimum absolute atomic E-state index is 0.0246. The van der Waals surface area contributed by atoms with Gasteiger partial charge in [-0.1, -0.05) is 18.2 Å². The van der Waals surface area contributed by atoms with E-state index in [0.717, 1.165) is 49.7 Å². The van der Waals surface area contributed by atoms with Crippen molar-refractivity contribution < 1.29 is 14.0 Å². The fourth-order valence-corrected chi connectivity index (χ4v) is 5.02. The summed E-state index contributed by atoms with van der Waals surface area (Å²) in [5, 5.41) is 0. The third kappa shape index (κ3) is 5.28. The van der Waals surface area contributed by atoms with Crippen LogP contribution in [0.15, 0.2) is 59.0 Å². The monoisotopic (exact) mass is 487 g/mol. The van der Waals surface area contributed by atoms with Crippen LogP contribution in [0, 0.1) is 12.8 Å². The lowest BCUT2D eigenvalue weighted by molar-refractivity contribution is -0.123. The van der Waals surface area contributed by atoms with E-state index in [1.165, 1.54) is 5.69 Å². The molecule has 0 aliphatic carbocycles. The van der Waals surface area contributed by atoms with Gasteiger partial charge in [0.05, 0.1) is 5.69 Å². The summed E-state index contributed by atoms with van der Waals surface area (Å²) >= 11 is 0. The fraction of sp³-hybridized carbons (Fsp3) is 0.393. The van der Waals surface area contributed by atoms with Crippen molar-refractivity contribution in [2.45, 2.75) is 26.3 Å². The molecule has 0 radical (unpaired) electrons. The second-order valence-electron chi connectivity index (χ2n) is 9.67. The number of rotatable bonds is 6. The van der Waals surface area contributed by atoms with Crippen molar-refractivity contribution in [1.29, 1.82) is 0 Å². The Morgan fingerprint density at radius 2 is 1.61 bits per heavy atom. The van der Waals surface area contributed by atoms with Gasteiger partial charge in [0.25, 0.3) is 5.91 Å². The van der Waals surface area contributed by atoms with Crippen LogP contribution < -0.4 is 10.6 Å². The summed E-state index contributed by atoms with van der Waals surface area (Å²) < 4.78 is 6.00. The summed E-state index contributed by atoms with van der Waals surface area (Å²) in [6.07, 6.45) is 1.25. The highest BCUT2D eigenvalue weighted by Gasteiger charge is 2.26. The summed E-state index contributed by atoms with van der Waals surface area (Å²) in [5.41, 5.74) is 9.10. The van der Waals surface area contributed by atoms with E-state index in [0.29, 0.717) is 37.4 Å². The number of anilines is 1. The lowest BCUT2D eigenvalue weighted by Crippen LogP contribution is -2.46. The topological polar surface area (TPSA) is 95.9 Å². The molecule has 5 rings (SSSR count). The van der Waals surface area contributed by atoms with Gasteiger partial charge in [0.2, 0.25) is 11.8 Å². The predicted octanol–water partition coefficient (Wildman–Crippen LogP) is 3.31. The fourth-order valence-electron chi connectivity index (χ4n) is 5.02. The van der Waals surface area contributed by atoms with E-state index in [2.05, 4.69) is 34.1 Å². The number of para-hydroxylation sites is 1. The molecule has 2 aromatic carbocycles. The van der Waals surface area contributed by atoms with E-state index >= 15 is 0 Å². The first-order valence-electron chi connectivity index (χ1n) is 12.7. The number of aromatic nitrogens is 1. The minimum atomic E-state index is -0.276. The molecule has 8 nitrogen and oxygen atoms in total. The molecule has 2 aliphatic heterocycles. The van der Waals surface area contributed by atoms with Gasteiger partial charge >= 0.3 is 0 Å². The number of piperazine rings is 1. The number of primary amides is 1. The Morgan fingerprint density at radius 1 is 0.944 bits per heavy atom. The average molecular weight is 488 g/mol. The van der Waals surface area contributed by atoms with Crippen LogP contribution in [-0.2, 0) is 11.3 Å². The van der Waals surface area contributed by atoms with Crippen molar-refractivity contribution in [2.75, 3.05) is 44.2 Å². The molecule has 0 atom stereocenters. The van der Waals surface area contributed by atoms with Gasteiger partial charge in [0.1, 0.15) is 5.76 Å². The number of benzene rings is 2. The van der Waals surface area contributed by atoms with Crippen LogP contribution in [0.5, 0.6) is 0 Å². The van der Waals surface area contributed by atoms with E-state index in [9.17, 15) is 9.59 Å². The maximum Gasteiger partial charge on any atom is 0.253 e. The Hall–Kier alpha value is -3.65. The Kier molecular flexibility index (Phi) is 7.04. The van der Waals surface area contributed by atoms with Crippen LogP contribution >= 0.6 is 0 Å². The van der Waals surface area contributed by atoms with Gasteiger partial charge in [-0.15, -0.1) is 0 Å². The third-order valence-corrected chi connectivity index (χ3v) is 7.32. The highest BCUT2D eigenvalue weighted by Crippen LogP contribution is 2.25. The molecule has 188 valence electrons. The summed E-state index contributed by atoms with van der Waals surface area (Å²) in [6, 6.07) is 17.9. The quantitative estimate of drug-likeness (QED) is 0.573. The molecule has 2 saturated heterocycles. The molecule has 2 amide bonds. The Bertz CT molecular complexity index is 1190. The first-order chi connectivity index (χ1) is 17.5. The number of piperidine rings is 1. The van der Waals surface area contributed by atoms with Gasteiger partial charge in [0.15, 0.2) is 0 Å². The van der Waals surface area contributed by atoms with Crippen LogP contribution in [0.2, 0.25) is 0 Å². The zero-order chi connectivity index (χ0) is 25.1. The van der Waals surface area contributed by atoms with Crippen LogP contribution in [0.25, 0.3) is 11.5 Å². The first kappa shape index (κ1) is 24.1. The molecule has 0 saturated carbocycles. The maximum atomic E-state index is 12.9. The van der Waals surface area contributed by atoms with E-state index in [4.69, 9.17) is 15.1 Å². The second-order valence-corrected chi connectivity index (χ2v) is 9.67. The smallest absolute Gasteiger partial charge is 0.253 e. The number of aryl methyl sites for hydroxylation is 1. The van der Waals surface area contributed by atoms with Gasteiger partial charge < -0.3 is 20.0 Å². The molecule has 36 heavy (non-hydrogen) atoms. The van der Waals surface area contributed by atoms with Gasteiger partial charge in [-0.05, 0) is 56.2 Å². The number of nitrogens with zero attached hydrogens (tertiary/aromatic N) is 4. The van der Waals surface area contributed by atoms with E-state index in [1.807, 2.05) is 37.3 Å². The highest BCUT2D eigenvalue weighted by molar-refractivity contribution is 5.94. The molecule has 0 unspecified atom stereocenters. The van der Waals surface area contributed by atoms with Crippen molar-refractivity contribution in [2.24, 2.45) is 11.7 Å². The molecule has 0 spiro atoms. The molecule has 2 aliphatic rings. The van der Waals surface area contributed by atoms with Crippen molar-refractivity contribution >= 4 is 17.5 Å². The molecular formula is C28H33N5O3. The highest BCUT2D eigenvalue weighted by atomic mass is 16.4. The number of hydrogen-bond acceptors (Lipinski definition) is 6. The largest absolute Gasteiger partial charge is 0.441 e. The van der Waals surface area contributed by atoms with Crippen LogP contribution in [0.3, 0.4) is 0 Å². The van der Waals surface area contributed by atoms with Crippen molar-refractivity contribution in [3.63, 3.8) is 0 Å². The van der Waals surface area contributed by atoms with Crippen LogP contribution in [0.1, 0.15) is 34.7 Å². The molecule has 0 bridgehead atoms. The zero-order valence-corrected chi connectivity index (χ0v) is 20.7. The molecule has 3 heterocycles. The summed E-state index contributed by atoms with van der Waals surface area (Å²) in [4.78, 5) is 35.7. The number of nitrogens with two attached hydrogens (primary N) is 1. The van der Waals surface area contributed by atoms with Gasteiger partial charge in [0, 0.05) is 68.5 Å². The lowest BCUT2D eigenvalue weighted by atomic mass is 9.96. The number of likely N-dealkylation sites (tertiary alicyclic amines) is 1. The summed E-state index contributed by atoms with van der Waals surface area (Å²) in [5.74, 6) is 0.969. The van der Waals surface area contributed by atoms with Crippen LogP contribution in [0.4, 0.5) is 5.69 Å². The van der Waals surface area contributed by atoms with Gasteiger partial charge in [-0.25, -0.2) is 4.98 Å². The molecule has 2 fully saturated rings. The number of amides is 2. The molecule has 3 aromatic rings. The SMILES string of the molecule is Cc1oc(-c2ccc(C(=O)N3CCC(C(N)=O)CC3)cc2)nc1CN1CCN(c2ccccc2)CC1.